The number of allylic oxidation sites excluding steroid dienone is 1. The second kappa shape index (κ2) is 5.33. The molecule has 3 rings (SSSR count). The number of rotatable bonds is 2. The van der Waals surface area contributed by atoms with Crippen LogP contribution in [0, 0.1) is 5.82 Å². The second-order valence-electron chi connectivity index (χ2n) is 5.62. The van der Waals surface area contributed by atoms with Crippen LogP contribution in [-0.4, -0.2) is 11.0 Å². The Morgan fingerprint density at radius 1 is 0.917 bits per heavy atom. The van der Waals surface area contributed by atoms with Crippen molar-refractivity contribution in [3.05, 3.63) is 64.5 Å². The van der Waals surface area contributed by atoms with Gasteiger partial charge in [-0.3, -0.25) is 0 Å². The van der Waals surface area contributed by atoms with Gasteiger partial charge in [-0.1, -0.05) is 37.3 Å². The van der Waals surface area contributed by atoms with E-state index in [-0.39, 0.29) is 11.1 Å². The molecule has 0 amide bonds. The van der Waals surface area contributed by atoms with Gasteiger partial charge in [-0.05, 0) is 35.3 Å². The number of fused-ring (bicyclic) bond motifs is 1. The molecule has 1 aliphatic carbocycles. The van der Waals surface area contributed by atoms with Gasteiger partial charge in [0, 0.05) is 5.57 Å². The average Bonchev–Trinajstić information content (AvgIpc) is 2.54. The van der Waals surface area contributed by atoms with Gasteiger partial charge in [0.1, 0.15) is 0 Å². The predicted octanol–water partition coefficient (Wildman–Crippen LogP) is 5.38. The molecule has 2 aromatic carbocycles. The molecule has 1 nitrogen and oxygen atoms in total. The van der Waals surface area contributed by atoms with E-state index in [9.17, 15) is 27.1 Å². The van der Waals surface area contributed by atoms with E-state index in [1.807, 2.05) is 6.92 Å². The van der Waals surface area contributed by atoms with Gasteiger partial charge < -0.3 is 5.11 Å². The Morgan fingerprint density at radius 2 is 1.54 bits per heavy atom. The van der Waals surface area contributed by atoms with Crippen LogP contribution in [0.5, 0.6) is 5.75 Å². The molecule has 0 radical (unpaired) electrons. The summed E-state index contributed by atoms with van der Waals surface area (Å²) in [7, 11) is 0. The molecule has 0 aromatic heterocycles. The summed E-state index contributed by atoms with van der Waals surface area (Å²) >= 11 is 0. The van der Waals surface area contributed by atoms with Crippen molar-refractivity contribution in [2.75, 3.05) is 0 Å². The van der Waals surface area contributed by atoms with Crippen LogP contribution in [0.15, 0.2) is 36.4 Å². The van der Waals surface area contributed by atoms with Gasteiger partial charge in [0.15, 0.2) is 11.6 Å². The molecule has 0 saturated carbocycles. The van der Waals surface area contributed by atoms with Crippen LogP contribution in [0.2, 0.25) is 0 Å². The van der Waals surface area contributed by atoms with Crippen molar-refractivity contribution in [1.82, 2.24) is 0 Å². The van der Waals surface area contributed by atoms with Crippen LogP contribution in [0.1, 0.15) is 29.2 Å². The Kier molecular flexibility index (Phi) is 3.66. The summed E-state index contributed by atoms with van der Waals surface area (Å²) in [5, 5.41) is 9.24. The first-order valence-electron chi connectivity index (χ1n) is 7.29. The molecule has 24 heavy (non-hydrogen) atoms. The maximum Gasteiger partial charge on any atom is 0.343 e. The molecule has 0 bridgehead atoms. The number of alkyl halides is 4. The number of aryl methyl sites for hydroxylation is 1. The van der Waals surface area contributed by atoms with Crippen molar-refractivity contribution >= 4 is 11.6 Å². The summed E-state index contributed by atoms with van der Waals surface area (Å²) in [5.74, 6) is -12.2. The van der Waals surface area contributed by atoms with Crippen LogP contribution in [0.3, 0.4) is 0 Å². The maximum atomic E-state index is 14.4. The van der Waals surface area contributed by atoms with Crippen molar-refractivity contribution in [1.29, 1.82) is 0 Å². The summed E-state index contributed by atoms with van der Waals surface area (Å²) < 4.78 is 71.4. The lowest BCUT2D eigenvalue weighted by Gasteiger charge is -2.34. The molecule has 0 heterocycles. The first-order valence-corrected chi connectivity index (χ1v) is 7.29. The fourth-order valence-corrected chi connectivity index (χ4v) is 2.78. The van der Waals surface area contributed by atoms with E-state index >= 15 is 0 Å². The molecule has 1 N–H and O–H groups in total. The Balaban J connectivity index is 2.25. The van der Waals surface area contributed by atoms with Crippen LogP contribution < -0.4 is 0 Å². The summed E-state index contributed by atoms with van der Waals surface area (Å²) in [6, 6.07) is 7.71. The molecule has 0 fully saturated rings. The van der Waals surface area contributed by atoms with Crippen LogP contribution in [0.4, 0.5) is 22.0 Å². The Bertz CT molecular complexity index is 822. The van der Waals surface area contributed by atoms with Crippen LogP contribution in [-0.2, 0) is 12.3 Å². The average molecular weight is 340 g/mol. The van der Waals surface area contributed by atoms with Crippen molar-refractivity contribution in [2.24, 2.45) is 0 Å². The topological polar surface area (TPSA) is 20.2 Å². The van der Waals surface area contributed by atoms with Gasteiger partial charge in [0.05, 0.1) is 5.56 Å². The fraction of sp³-hybridized carbons (Fsp3) is 0.222. The molecular formula is C18H13F5O. The zero-order chi connectivity index (χ0) is 17.7. The number of benzene rings is 2. The van der Waals surface area contributed by atoms with Gasteiger partial charge in [-0.25, -0.2) is 4.39 Å². The third-order valence-corrected chi connectivity index (χ3v) is 4.17. The van der Waals surface area contributed by atoms with Crippen LogP contribution in [0.25, 0.3) is 11.6 Å². The quantitative estimate of drug-likeness (QED) is 0.728. The lowest BCUT2D eigenvalue weighted by molar-refractivity contribution is -0.182. The molecule has 0 unspecified atom stereocenters. The highest BCUT2D eigenvalue weighted by Crippen LogP contribution is 2.56. The fourth-order valence-electron chi connectivity index (χ4n) is 2.78. The first kappa shape index (κ1) is 16.5. The highest BCUT2D eigenvalue weighted by atomic mass is 19.3. The smallest absolute Gasteiger partial charge is 0.343 e. The molecular weight excluding hydrogens is 327 g/mol. The van der Waals surface area contributed by atoms with Crippen molar-refractivity contribution in [2.45, 2.75) is 25.2 Å². The van der Waals surface area contributed by atoms with E-state index in [0.717, 1.165) is 23.8 Å². The molecule has 0 spiro atoms. The number of hydrogen-bond acceptors (Lipinski definition) is 1. The molecule has 0 saturated heterocycles. The van der Waals surface area contributed by atoms with Crippen LogP contribution >= 0.6 is 0 Å². The van der Waals surface area contributed by atoms with E-state index in [0.29, 0.717) is 6.42 Å². The highest BCUT2D eigenvalue weighted by molar-refractivity contribution is 5.89. The second-order valence-corrected chi connectivity index (χ2v) is 5.62. The zero-order valence-electron chi connectivity index (χ0n) is 12.6. The minimum atomic E-state index is -4.78. The monoisotopic (exact) mass is 340 g/mol. The Labute approximate surface area is 135 Å². The summed E-state index contributed by atoms with van der Waals surface area (Å²) in [6.45, 7) is 1.88. The van der Waals surface area contributed by atoms with Crippen molar-refractivity contribution in [3.63, 3.8) is 0 Å². The summed E-state index contributed by atoms with van der Waals surface area (Å²) in [4.78, 5) is 0. The van der Waals surface area contributed by atoms with Gasteiger partial charge >= 0.3 is 11.8 Å². The summed E-state index contributed by atoms with van der Waals surface area (Å²) in [5.41, 5.74) is -1.93. The van der Waals surface area contributed by atoms with E-state index in [1.54, 1.807) is 12.1 Å². The molecule has 126 valence electrons. The normalized spacial score (nSPS) is 18.0. The number of aromatic hydroxyl groups is 1. The standard InChI is InChI=1S/C18H13F5O/c1-2-10-3-5-11(6-4-10)13-9-12-7-8-14(24)16(19)15(12)18(22,23)17(13,20)21/h3-9,24H,2H2,1H3. The molecule has 0 aliphatic heterocycles. The summed E-state index contributed by atoms with van der Waals surface area (Å²) in [6.07, 6.45) is 1.52. The van der Waals surface area contributed by atoms with Gasteiger partial charge in [0.25, 0.3) is 0 Å². The Morgan fingerprint density at radius 3 is 2.12 bits per heavy atom. The van der Waals surface area contributed by atoms with Gasteiger partial charge in [-0.15, -0.1) is 0 Å². The highest BCUT2D eigenvalue weighted by Gasteiger charge is 2.63. The van der Waals surface area contributed by atoms with E-state index < -0.39 is 34.5 Å². The predicted molar refractivity (Wildman–Crippen MR) is 80.6 cm³/mol. The zero-order valence-corrected chi connectivity index (χ0v) is 12.6. The van der Waals surface area contributed by atoms with Gasteiger partial charge in [0.2, 0.25) is 0 Å². The van der Waals surface area contributed by atoms with E-state index in [4.69, 9.17) is 0 Å². The lowest BCUT2D eigenvalue weighted by atomic mass is 9.82. The minimum Gasteiger partial charge on any atom is -0.505 e. The maximum absolute atomic E-state index is 14.4. The third kappa shape index (κ3) is 2.20. The van der Waals surface area contributed by atoms with Crippen molar-refractivity contribution < 1.29 is 27.1 Å². The number of phenolic OH excluding ortho intramolecular Hbond substituents is 1. The molecule has 6 heteroatoms. The SMILES string of the molecule is CCc1ccc(C2=Cc3ccc(O)c(F)c3C(F)(F)C2(F)F)cc1. The van der Waals surface area contributed by atoms with Crippen molar-refractivity contribution in [3.8, 4) is 5.75 Å². The first-order chi connectivity index (χ1) is 11.2. The number of phenols is 1. The Hall–Kier alpha value is -2.37. The lowest BCUT2D eigenvalue weighted by Crippen LogP contribution is -2.42. The molecule has 0 atom stereocenters. The third-order valence-electron chi connectivity index (χ3n) is 4.17. The minimum absolute atomic E-state index is 0.0593. The van der Waals surface area contributed by atoms with Gasteiger partial charge in [-0.2, -0.15) is 17.6 Å². The number of halogens is 5. The largest absolute Gasteiger partial charge is 0.505 e. The van der Waals surface area contributed by atoms with E-state index in [1.165, 1.54) is 12.1 Å². The van der Waals surface area contributed by atoms with E-state index in [2.05, 4.69) is 0 Å². The number of hydrogen-bond donors (Lipinski definition) is 1. The molecule has 2 aromatic rings. The molecule has 1 aliphatic rings.